The van der Waals surface area contributed by atoms with Gasteiger partial charge in [-0.3, -0.25) is 4.55 Å². The minimum Gasteiger partial charge on any atom is -0.452 e. The second-order valence-electron chi connectivity index (χ2n) is 7.52. The van der Waals surface area contributed by atoms with Gasteiger partial charge in [0.25, 0.3) is 0 Å². The summed E-state index contributed by atoms with van der Waals surface area (Å²) in [6, 6.07) is 0. The van der Waals surface area contributed by atoms with Gasteiger partial charge in [0.2, 0.25) is 0 Å². The Morgan fingerprint density at radius 1 is 1.19 bits per heavy atom. The Hall–Kier alpha value is -2.04. The Balaban J connectivity index is 2.67. The molecule has 1 heterocycles. The lowest BCUT2D eigenvalue weighted by molar-refractivity contribution is -0.146. The summed E-state index contributed by atoms with van der Waals surface area (Å²) in [5.41, 5.74) is 0. The van der Waals surface area contributed by atoms with E-state index in [2.05, 4.69) is 13.0 Å². The summed E-state index contributed by atoms with van der Waals surface area (Å²) in [5.74, 6) is -1.30. The summed E-state index contributed by atoms with van der Waals surface area (Å²) in [4.78, 5) is 11.3. The third-order valence-corrected chi connectivity index (χ3v) is 5.33. The molecular weight excluding hydrogens is 436 g/mol. The highest BCUT2D eigenvalue weighted by atomic mass is 32.3. The SMILES string of the molecule is CCCCC/C=C/C=C/C=C/C(O)C(C)C(C/C=C/C1OC(=O)C=CC1O)OS(=O)(=O)O. The maximum Gasteiger partial charge on any atom is 0.397 e. The first-order valence-electron chi connectivity index (χ1n) is 10.7. The molecule has 0 aromatic carbocycles. The van der Waals surface area contributed by atoms with Crippen molar-refractivity contribution in [3.8, 4) is 0 Å². The molecule has 9 heteroatoms. The van der Waals surface area contributed by atoms with Gasteiger partial charge in [-0.05, 0) is 31.4 Å². The summed E-state index contributed by atoms with van der Waals surface area (Å²) in [6.07, 6.45) is 16.4. The van der Waals surface area contributed by atoms with Gasteiger partial charge in [-0.25, -0.2) is 8.98 Å². The number of cyclic esters (lactones) is 1. The molecule has 8 nitrogen and oxygen atoms in total. The number of aliphatic hydroxyl groups is 2. The summed E-state index contributed by atoms with van der Waals surface area (Å²) in [7, 11) is -4.76. The molecule has 5 atom stereocenters. The molecule has 1 rings (SSSR count). The van der Waals surface area contributed by atoms with E-state index in [0.717, 1.165) is 18.9 Å². The van der Waals surface area contributed by atoms with E-state index in [1.54, 1.807) is 19.1 Å². The zero-order chi connectivity index (χ0) is 24.0. The van der Waals surface area contributed by atoms with Gasteiger partial charge < -0.3 is 14.9 Å². The number of unbranched alkanes of at least 4 members (excludes halogenated alkanes) is 3. The van der Waals surface area contributed by atoms with E-state index in [1.165, 1.54) is 37.1 Å². The molecule has 0 amide bonds. The van der Waals surface area contributed by atoms with Crippen LogP contribution in [0.3, 0.4) is 0 Å². The molecule has 5 unspecified atom stereocenters. The smallest absolute Gasteiger partial charge is 0.397 e. The lowest BCUT2D eigenvalue weighted by atomic mass is 9.95. The molecule has 0 saturated heterocycles. The van der Waals surface area contributed by atoms with Crippen molar-refractivity contribution in [2.24, 2.45) is 5.92 Å². The molecular formula is C23H34O8S. The molecule has 0 aromatic rings. The van der Waals surface area contributed by atoms with Crippen LogP contribution in [0.1, 0.15) is 46.0 Å². The van der Waals surface area contributed by atoms with Crippen molar-refractivity contribution < 1.29 is 36.9 Å². The van der Waals surface area contributed by atoms with Crippen LogP contribution < -0.4 is 0 Å². The predicted octanol–water partition coefficient (Wildman–Crippen LogP) is 3.21. The van der Waals surface area contributed by atoms with E-state index in [1.807, 2.05) is 12.2 Å². The molecule has 0 saturated carbocycles. The van der Waals surface area contributed by atoms with Crippen molar-refractivity contribution in [3.05, 3.63) is 60.8 Å². The summed E-state index contributed by atoms with van der Waals surface area (Å²) in [6.45, 7) is 3.73. The fourth-order valence-electron chi connectivity index (χ4n) is 2.92. The van der Waals surface area contributed by atoms with Crippen LogP contribution in [-0.2, 0) is 24.1 Å². The monoisotopic (exact) mass is 470 g/mol. The highest BCUT2D eigenvalue weighted by Crippen LogP contribution is 2.20. The largest absolute Gasteiger partial charge is 0.452 e. The lowest BCUT2D eigenvalue weighted by Crippen LogP contribution is -2.33. The number of carbonyl (C=O) groups is 1. The van der Waals surface area contributed by atoms with Gasteiger partial charge in [-0.2, -0.15) is 8.42 Å². The topological polar surface area (TPSA) is 130 Å². The zero-order valence-electron chi connectivity index (χ0n) is 18.5. The first-order chi connectivity index (χ1) is 15.1. The lowest BCUT2D eigenvalue weighted by Gasteiger charge is -2.25. The van der Waals surface area contributed by atoms with Crippen LogP contribution in [0.15, 0.2) is 60.8 Å². The number of hydrogen-bond acceptors (Lipinski definition) is 7. The van der Waals surface area contributed by atoms with Gasteiger partial charge in [0.15, 0.2) is 0 Å². The molecule has 180 valence electrons. The molecule has 0 fully saturated rings. The van der Waals surface area contributed by atoms with Crippen molar-refractivity contribution in [2.45, 2.75) is 70.4 Å². The van der Waals surface area contributed by atoms with Gasteiger partial charge in [0.05, 0.1) is 12.2 Å². The number of aliphatic hydroxyl groups excluding tert-OH is 2. The highest BCUT2D eigenvalue weighted by Gasteiger charge is 2.28. The first-order valence-corrected chi connectivity index (χ1v) is 12.1. The van der Waals surface area contributed by atoms with Crippen LogP contribution in [0, 0.1) is 5.92 Å². The van der Waals surface area contributed by atoms with Gasteiger partial charge >= 0.3 is 16.4 Å². The van der Waals surface area contributed by atoms with Crippen LogP contribution in [0.25, 0.3) is 0 Å². The Morgan fingerprint density at radius 2 is 1.91 bits per heavy atom. The third-order valence-electron chi connectivity index (χ3n) is 4.83. The fourth-order valence-corrected chi connectivity index (χ4v) is 3.48. The molecule has 0 bridgehead atoms. The molecule has 1 aliphatic rings. The maximum absolute atomic E-state index is 11.3. The third kappa shape index (κ3) is 12.1. The average molecular weight is 471 g/mol. The maximum atomic E-state index is 11.3. The molecule has 1 aliphatic heterocycles. The molecule has 0 spiro atoms. The zero-order valence-corrected chi connectivity index (χ0v) is 19.3. The number of hydrogen-bond donors (Lipinski definition) is 3. The van der Waals surface area contributed by atoms with E-state index in [9.17, 15) is 23.4 Å². The van der Waals surface area contributed by atoms with Crippen molar-refractivity contribution in [1.29, 1.82) is 0 Å². The molecule has 0 aliphatic carbocycles. The normalized spacial score (nSPS) is 22.8. The number of rotatable bonds is 14. The number of carbonyl (C=O) groups excluding carboxylic acids is 1. The summed E-state index contributed by atoms with van der Waals surface area (Å²) in [5, 5.41) is 20.2. The Bertz CT molecular complexity index is 810. The van der Waals surface area contributed by atoms with Crippen LogP contribution in [0.2, 0.25) is 0 Å². The van der Waals surface area contributed by atoms with Crippen molar-refractivity contribution in [1.82, 2.24) is 0 Å². The minimum atomic E-state index is -4.76. The fraction of sp³-hybridized carbons (Fsp3) is 0.522. The van der Waals surface area contributed by atoms with Gasteiger partial charge in [-0.1, -0.05) is 69.2 Å². The molecule has 0 aromatic heterocycles. The number of esters is 1. The quantitative estimate of drug-likeness (QED) is 0.116. The van der Waals surface area contributed by atoms with Gasteiger partial charge in [-0.15, -0.1) is 0 Å². The Morgan fingerprint density at radius 3 is 2.59 bits per heavy atom. The Kier molecular flexibility index (Phi) is 13.0. The van der Waals surface area contributed by atoms with Crippen LogP contribution in [0.4, 0.5) is 0 Å². The van der Waals surface area contributed by atoms with E-state index in [-0.39, 0.29) is 6.42 Å². The molecule has 32 heavy (non-hydrogen) atoms. The van der Waals surface area contributed by atoms with Crippen molar-refractivity contribution >= 4 is 16.4 Å². The summed E-state index contributed by atoms with van der Waals surface area (Å²) >= 11 is 0. The number of allylic oxidation sites excluding steroid dienone is 5. The first kappa shape index (κ1) is 28.0. The van der Waals surface area contributed by atoms with Crippen molar-refractivity contribution in [3.63, 3.8) is 0 Å². The van der Waals surface area contributed by atoms with Gasteiger partial charge in [0.1, 0.15) is 12.2 Å². The minimum absolute atomic E-state index is 0.0212. The predicted molar refractivity (Wildman–Crippen MR) is 122 cm³/mol. The van der Waals surface area contributed by atoms with Crippen molar-refractivity contribution in [2.75, 3.05) is 0 Å². The average Bonchev–Trinajstić information content (AvgIpc) is 2.72. The van der Waals surface area contributed by atoms with E-state index < -0.39 is 46.7 Å². The van der Waals surface area contributed by atoms with Crippen LogP contribution in [0.5, 0.6) is 0 Å². The molecule has 0 radical (unpaired) electrons. The Labute approximate surface area is 190 Å². The second kappa shape index (κ2) is 14.9. The standard InChI is InChI=1S/C23H34O8S/c1-3-4-5-6-7-8-9-10-11-13-19(24)18(2)21(31-32(27,28)29)14-12-15-22-20(25)16-17-23(26)30-22/h7-13,15-22,24-25H,3-6,14H2,1-2H3,(H,27,28,29)/b8-7+,10-9+,13-11+,15-12+. The summed E-state index contributed by atoms with van der Waals surface area (Å²) < 4.78 is 41.2. The van der Waals surface area contributed by atoms with Crippen LogP contribution >= 0.6 is 0 Å². The van der Waals surface area contributed by atoms with E-state index in [4.69, 9.17) is 13.5 Å². The second-order valence-corrected chi connectivity index (χ2v) is 8.57. The highest BCUT2D eigenvalue weighted by molar-refractivity contribution is 7.80. The van der Waals surface area contributed by atoms with Gasteiger partial charge in [0, 0.05) is 12.0 Å². The van der Waals surface area contributed by atoms with E-state index >= 15 is 0 Å². The number of ether oxygens (including phenoxy) is 1. The van der Waals surface area contributed by atoms with E-state index in [0.29, 0.717) is 0 Å². The molecule has 3 N–H and O–H groups in total. The van der Waals surface area contributed by atoms with Crippen LogP contribution in [-0.4, -0.2) is 53.6 Å².